The second-order valence-electron chi connectivity index (χ2n) is 5.21. The van der Waals surface area contributed by atoms with Crippen LogP contribution in [0.3, 0.4) is 0 Å². The lowest BCUT2D eigenvalue weighted by Crippen LogP contribution is -2.24. The van der Waals surface area contributed by atoms with Crippen LogP contribution < -0.4 is 5.73 Å². The molecule has 18 heavy (non-hydrogen) atoms. The number of carbonyl (C=O) groups excluding carboxylic acids is 1. The van der Waals surface area contributed by atoms with Crippen molar-refractivity contribution < 1.29 is 9.53 Å². The molecule has 0 aromatic heterocycles. The molecule has 1 aromatic carbocycles. The zero-order chi connectivity index (χ0) is 13.8. The summed E-state index contributed by atoms with van der Waals surface area (Å²) < 4.78 is 5.25. The van der Waals surface area contributed by atoms with Gasteiger partial charge in [-0.25, -0.2) is 0 Å². The Morgan fingerprint density at radius 3 is 2.67 bits per heavy atom. The van der Waals surface area contributed by atoms with Gasteiger partial charge in [-0.2, -0.15) is 0 Å². The van der Waals surface area contributed by atoms with Gasteiger partial charge in [-0.3, -0.25) is 4.79 Å². The molecule has 3 nitrogen and oxygen atoms in total. The average molecular weight is 267 g/mol. The largest absolute Gasteiger partial charge is 0.460 e. The molecule has 100 valence electrons. The first-order valence-corrected chi connectivity index (χ1v) is 6.97. The smallest absolute Gasteiger partial charge is 0.307 e. The van der Waals surface area contributed by atoms with Crippen molar-refractivity contribution in [1.29, 1.82) is 0 Å². The number of esters is 1. The lowest BCUT2D eigenvalue weighted by molar-refractivity contribution is -0.154. The number of carbonyl (C=O) groups is 1. The fourth-order valence-electron chi connectivity index (χ4n) is 1.41. The van der Waals surface area contributed by atoms with Crippen molar-refractivity contribution in [3.63, 3.8) is 0 Å². The molecule has 4 heteroatoms. The van der Waals surface area contributed by atoms with E-state index in [9.17, 15) is 4.79 Å². The normalized spacial score (nSPS) is 11.3. The molecule has 0 spiro atoms. The van der Waals surface area contributed by atoms with E-state index in [0.29, 0.717) is 12.2 Å². The number of hydrogen-bond acceptors (Lipinski definition) is 4. The second kappa shape index (κ2) is 6.14. The van der Waals surface area contributed by atoms with Crippen molar-refractivity contribution in [3.05, 3.63) is 23.8 Å². The predicted octanol–water partition coefficient (Wildman–Crippen LogP) is 3.40. The van der Waals surface area contributed by atoms with E-state index < -0.39 is 5.60 Å². The second-order valence-corrected chi connectivity index (χ2v) is 6.35. The Labute approximate surface area is 113 Å². The number of ether oxygens (including phenoxy) is 1. The number of nitrogens with two attached hydrogens (primary N) is 1. The van der Waals surface area contributed by atoms with E-state index >= 15 is 0 Å². The van der Waals surface area contributed by atoms with Crippen LogP contribution in [0.1, 0.15) is 32.8 Å². The van der Waals surface area contributed by atoms with Gasteiger partial charge in [0.2, 0.25) is 0 Å². The van der Waals surface area contributed by atoms with Crippen LogP contribution in [-0.4, -0.2) is 17.3 Å². The van der Waals surface area contributed by atoms with Gasteiger partial charge >= 0.3 is 5.97 Å². The average Bonchev–Trinajstić information content (AvgIpc) is 2.20. The van der Waals surface area contributed by atoms with Crippen LogP contribution >= 0.6 is 11.8 Å². The highest BCUT2D eigenvalue weighted by Crippen LogP contribution is 2.25. The maximum absolute atomic E-state index is 11.5. The molecular formula is C14H21NO2S. The topological polar surface area (TPSA) is 52.3 Å². The lowest BCUT2D eigenvalue weighted by atomic mass is 10.2. The Morgan fingerprint density at radius 2 is 2.06 bits per heavy atom. The Hall–Kier alpha value is -1.16. The third-order valence-electron chi connectivity index (χ3n) is 2.20. The van der Waals surface area contributed by atoms with Gasteiger partial charge in [0.1, 0.15) is 5.60 Å². The van der Waals surface area contributed by atoms with Gasteiger partial charge in [-0.1, -0.05) is 6.07 Å². The molecule has 0 aliphatic carbocycles. The van der Waals surface area contributed by atoms with Gasteiger partial charge in [0.25, 0.3) is 0 Å². The van der Waals surface area contributed by atoms with Gasteiger partial charge in [0, 0.05) is 16.3 Å². The summed E-state index contributed by atoms with van der Waals surface area (Å²) in [6, 6.07) is 5.81. The van der Waals surface area contributed by atoms with E-state index in [-0.39, 0.29) is 5.97 Å². The van der Waals surface area contributed by atoms with Crippen LogP contribution in [0.15, 0.2) is 23.1 Å². The number of benzene rings is 1. The van der Waals surface area contributed by atoms with Gasteiger partial charge in [-0.15, -0.1) is 11.8 Å². The first-order chi connectivity index (χ1) is 8.28. The predicted molar refractivity (Wildman–Crippen MR) is 76.8 cm³/mol. The minimum absolute atomic E-state index is 0.156. The van der Waals surface area contributed by atoms with Crippen LogP contribution in [0.5, 0.6) is 0 Å². The fraction of sp³-hybridized carbons (Fsp3) is 0.500. The minimum Gasteiger partial charge on any atom is -0.460 e. The standard InChI is InChI=1S/C14H21NO2S/c1-10-5-6-11(15)9-12(10)18-8-7-13(16)17-14(2,3)4/h5-6,9H,7-8,15H2,1-4H3. The van der Waals surface area contributed by atoms with E-state index in [1.54, 1.807) is 11.8 Å². The van der Waals surface area contributed by atoms with Gasteiger partial charge in [-0.05, 0) is 45.4 Å². The molecular weight excluding hydrogens is 246 g/mol. The number of hydrogen-bond donors (Lipinski definition) is 1. The van der Waals surface area contributed by atoms with Crippen LogP contribution in [0.2, 0.25) is 0 Å². The number of anilines is 1. The molecule has 1 rings (SSSR count). The molecule has 0 atom stereocenters. The summed E-state index contributed by atoms with van der Waals surface area (Å²) in [5.41, 5.74) is 7.26. The minimum atomic E-state index is -0.408. The number of nitrogen functional groups attached to an aromatic ring is 1. The lowest BCUT2D eigenvalue weighted by Gasteiger charge is -2.19. The van der Waals surface area contributed by atoms with Crippen molar-refractivity contribution in [3.8, 4) is 0 Å². The Morgan fingerprint density at radius 1 is 1.39 bits per heavy atom. The molecule has 0 heterocycles. The van der Waals surface area contributed by atoms with Gasteiger partial charge < -0.3 is 10.5 Å². The summed E-state index contributed by atoms with van der Waals surface area (Å²) in [7, 11) is 0. The Kier molecular flexibility index (Phi) is 5.08. The first kappa shape index (κ1) is 14.9. The van der Waals surface area contributed by atoms with Crippen molar-refractivity contribution in [1.82, 2.24) is 0 Å². The molecule has 0 aliphatic rings. The molecule has 0 saturated carbocycles. The highest BCUT2D eigenvalue weighted by atomic mass is 32.2. The van der Waals surface area contributed by atoms with Crippen LogP contribution in [0.25, 0.3) is 0 Å². The number of rotatable bonds is 4. The maximum atomic E-state index is 11.5. The zero-order valence-corrected chi connectivity index (χ0v) is 12.3. The highest BCUT2D eigenvalue weighted by molar-refractivity contribution is 7.99. The zero-order valence-electron chi connectivity index (χ0n) is 11.4. The molecule has 0 saturated heterocycles. The third-order valence-corrected chi connectivity index (χ3v) is 3.36. The fourth-order valence-corrected chi connectivity index (χ4v) is 2.41. The molecule has 2 N–H and O–H groups in total. The summed E-state index contributed by atoms with van der Waals surface area (Å²) in [6.45, 7) is 7.66. The summed E-state index contributed by atoms with van der Waals surface area (Å²) in [6.07, 6.45) is 0.413. The summed E-state index contributed by atoms with van der Waals surface area (Å²) >= 11 is 1.63. The Balaban J connectivity index is 2.42. The Bertz CT molecular complexity index is 424. The summed E-state index contributed by atoms with van der Waals surface area (Å²) in [5, 5.41) is 0. The number of thioether (sulfide) groups is 1. The van der Waals surface area contributed by atoms with Gasteiger partial charge in [0.15, 0.2) is 0 Å². The third kappa shape index (κ3) is 5.45. The van der Waals surface area contributed by atoms with E-state index in [4.69, 9.17) is 10.5 Å². The molecule has 0 fully saturated rings. The maximum Gasteiger partial charge on any atom is 0.307 e. The van der Waals surface area contributed by atoms with Crippen molar-refractivity contribution in [2.75, 3.05) is 11.5 Å². The van der Waals surface area contributed by atoms with E-state index in [1.165, 1.54) is 5.56 Å². The molecule has 0 aliphatic heterocycles. The van der Waals surface area contributed by atoms with E-state index in [1.807, 2.05) is 45.9 Å². The van der Waals surface area contributed by atoms with Crippen molar-refractivity contribution in [2.45, 2.75) is 44.6 Å². The van der Waals surface area contributed by atoms with Crippen LogP contribution in [-0.2, 0) is 9.53 Å². The molecule has 0 radical (unpaired) electrons. The van der Waals surface area contributed by atoms with E-state index in [0.717, 1.165) is 10.6 Å². The van der Waals surface area contributed by atoms with Crippen molar-refractivity contribution >= 4 is 23.4 Å². The SMILES string of the molecule is Cc1ccc(N)cc1SCCC(=O)OC(C)(C)C. The molecule has 0 unspecified atom stereocenters. The highest BCUT2D eigenvalue weighted by Gasteiger charge is 2.15. The monoisotopic (exact) mass is 267 g/mol. The molecule has 1 aromatic rings. The summed E-state index contributed by atoms with van der Waals surface area (Å²) in [4.78, 5) is 12.7. The quantitative estimate of drug-likeness (QED) is 0.516. The molecule has 0 amide bonds. The summed E-state index contributed by atoms with van der Waals surface area (Å²) in [5.74, 6) is 0.552. The van der Waals surface area contributed by atoms with Crippen LogP contribution in [0.4, 0.5) is 5.69 Å². The van der Waals surface area contributed by atoms with Crippen molar-refractivity contribution in [2.24, 2.45) is 0 Å². The first-order valence-electron chi connectivity index (χ1n) is 5.99. The van der Waals surface area contributed by atoms with E-state index in [2.05, 4.69) is 0 Å². The number of aryl methyl sites for hydroxylation is 1. The van der Waals surface area contributed by atoms with Gasteiger partial charge in [0.05, 0.1) is 6.42 Å². The van der Waals surface area contributed by atoms with Crippen LogP contribution in [0, 0.1) is 6.92 Å². The molecule has 0 bridgehead atoms.